The largest absolute Gasteiger partial charge is 0.319 e. The fraction of sp³-hybridized carbons (Fsp3) is 0.667. The molecule has 0 aliphatic carbocycles. The van der Waals surface area contributed by atoms with Gasteiger partial charge in [0.25, 0.3) is 0 Å². The van der Waals surface area contributed by atoms with Gasteiger partial charge < -0.3 is 5.32 Å². The van der Waals surface area contributed by atoms with Crippen LogP contribution in [-0.4, -0.2) is 44.1 Å². The van der Waals surface area contributed by atoms with Gasteiger partial charge in [0.2, 0.25) is 10.0 Å². The third-order valence-electron chi connectivity index (χ3n) is 2.25. The van der Waals surface area contributed by atoms with Gasteiger partial charge in [-0.2, -0.15) is 5.10 Å². The summed E-state index contributed by atoms with van der Waals surface area (Å²) < 4.78 is 27.1. The molecule has 0 atom stereocenters. The van der Waals surface area contributed by atoms with Crippen LogP contribution in [0.15, 0.2) is 12.3 Å². The zero-order valence-electron chi connectivity index (χ0n) is 9.60. The van der Waals surface area contributed by atoms with Gasteiger partial charge in [0.1, 0.15) is 0 Å². The number of hydrogen-bond donors (Lipinski definition) is 2. The molecule has 0 saturated carbocycles. The van der Waals surface area contributed by atoms with Gasteiger partial charge in [-0.25, -0.2) is 13.1 Å². The fourth-order valence-electron chi connectivity index (χ4n) is 1.29. The van der Waals surface area contributed by atoms with Crippen molar-refractivity contribution in [3.63, 3.8) is 0 Å². The lowest BCUT2D eigenvalue weighted by Gasteiger charge is -2.06. The molecule has 92 valence electrons. The average Bonchev–Trinajstić information content (AvgIpc) is 2.62. The second kappa shape index (κ2) is 5.97. The first-order valence-electron chi connectivity index (χ1n) is 5.14. The van der Waals surface area contributed by atoms with Crippen molar-refractivity contribution in [2.24, 2.45) is 7.05 Å². The van der Waals surface area contributed by atoms with E-state index in [1.165, 1.54) is 0 Å². The van der Waals surface area contributed by atoms with E-state index < -0.39 is 10.0 Å². The number of aryl methyl sites for hydroxylation is 1. The van der Waals surface area contributed by atoms with Crippen LogP contribution < -0.4 is 10.0 Å². The lowest BCUT2D eigenvalue weighted by atomic mass is 10.3. The van der Waals surface area contributed by atoms with E-state index in [0.29, 0.717) is 19.5 Å². The Hall–Kier alpha value is -0.920. The molecule has 6 nitrogen and oxygen atoms in total. The van der Waals surface area contributed by atoms with Crippen molar-refractivity contribution >= 4 is 10.0 Å². The molecule has 1 rings (SSSR count). The van der Waals surface area contributed by atoms with E-state index in [1.807, 2.05) is 13.1 Å². The van der Waals surface area contributed by atoms with Gasteiger partial charge in [-0.15, -0.1) is 0 Å². The van der Waals surface area contributed by atoms with Gasteiger partial charge in [0, 0.05) is 38.4 Å². The molecule has 0 unspecified atom stereocenters. The van der Waals surface area contributed by atoms with Crippen molar-refractivity contribution in [2.45, 2.75) is 6.42 Å². The third-order valence-corrected chi connectivity index (χ3v) is 3.63. The van der Waals surface area contributed by atoms with Crippen LogP contribution in [-0.2, 0) is 23.5 Å². The van der Waals surface area contributed by atoms with E-state index in [2.05, 4.69) is 15.1 Å². The van der Waals surface area contributed by atoms with Crippen LogP contribution in [0.3, 0.4) is 0 Å². The standard InChI is InChI=1S/C9H18N4O2S/c1-10-7-8-16(14,15)12-6-4-9-3-5-11-13(9)2/h3,5,10,12H,4,6-8H2,1-2H3. The molecule has 0 fully saturated rings. The van der Waals surface area contributed by atoms with E-state index in [4.69, 9.17) is 0 Å². The van der Waals surface area contributed by atoms with E-state index in [9.17, 15) is 8.42 Å². The number of nitrogens with zero attached hydrogens (tertiary/aromatic N) is 2. The van der Waals surface area contributed by atoms with Crippen LogP contribution in [0.2, 0.25) is 0 Å². The van der Waals surface area contributed by atoms with Crippen LogP contribution >= 0.6 is 0 Å². The molecule has 0 aromatic carbocycles. The smallest absolute Gasteiger partial charge is 0.212 e. The Morgan fingerprint density at radius 3 is 2.75 bits per heavy atom. The summed E-state index contributed by atoms with van der Waals surface area (Å²) in [6, 6.07) is 1.88. The molecule has 16 heavy (non-hydrogen) atoms. The fourth-order valence-corrected chi connectivity index (χ4v) is 2.32. The van der Waals surface area contributed by atoms with Gasteiger partial charge in [-0.3, -0.25) is 4.68 Å². The molecule has 0 aliphatic heterocycles. The number of hydrogen-bond acceptors (Lipinski definition) is 4. The summed E-state index contributed by atoms with van der Waals surface area (Å²) in [7, 11) is 0.414. The quantitative estimate of drug-likeness (QED) is 0.654. The Balaban J connectivity index is 2.33. The van der Waals surface area contributed by atoms with Crippen molar-refractivity contribution in [1.29, 1.82) is 0 Å². The highest BCUT2D eigenvalue weighted by atomic mass is 32.2. The highest BCUT2D eigenvalue weighted by Gasteiger charge is 2.08. The SMILES string of the molecule is CNCCS(=O)(=O)NCCc1ccnn1C. The first-order valence-corrected chi connectivity index (χ1v) is 6.79. The second-order valence-electron chi connectivity index (χ2n) is 3.51. The molecule has 1 aromatic rings. The number of aromatic nitrogens is 2. The van der Waals surface area contributed by atoms with Crippen molar-refractivity contribution in [2.75, 3.05) is 25.9 Å². The van der Waals surface area contributed by atoms with Crippen molar-refractivity contribution in [1.82, 2.24) is 19.8 Å². The van der Waals surface area contributed by atoms with Crippen molar-refractivity contribution in [3.05, 3.63) is 18.0 Å². The first-order chi connectivity index (χ1) is 7.55. The summed E-state index contributed by atoms with van der Waals surface area (Å²) >= 11 is 0. The highest BCUT2D eigenvalue weighted by molar-refractivity contribution is 7.89. The summed E-state index contributed by atoms with van der Waals surface area (Å²) in [6.07, 6.45) is 2.35. The van der Waals surface area contributed by atoms with E-state index >= 15 is 0 Å². The molecule has 0 saturated heterocycles. The van der Waals surface area contributed by atoms with Crippen molar-refractivity contribution < 1.29 is 8.42 Å². The Labute approximate surface area is 96.1 Å². The molecule has 0 aliphatic rings. The molecule has 7 heteroatoms. The summed E-state index contributed by atoms with van der Waals surface area (Å²) in [5, 5.41) is 6.81. The second-order valence-corrected chi connectivity index (χ2v) is 5.44. The molecule has 0 amide bonds. The Morgan fingerprint density at radius 2 is 2.19 bits per heavy atom. The van der Waals surface area contributed by atoms with E-state index in [-0.39, 0.29) is 5.75 Å². The number of sulfonamides is 1. The maximum Gasteiger partial charge on any atom is 0.212 e. The van der Waals surface area contributed by atoms with E-state index in [0.717, 1.165) is 5.69 Å². The summed E-state index contributed by atoms with van der Waals surface area (Å²) in [6.45, 7) is 0.868. The monoisotopic (exact) mass is 246 g/mol. The van der Waals surface area contributed by atoms with Gasteiger partial charge in [0.05, 0.1) is 5.75 Å². The normalized spacial score (nSPS) is 11.9. The van der Waals surface area contributed by atoms with Crippen LogP contribution in [0.5, 0.6) is 0 Å². The average molecular weight is 246 g/mol. The maximum atomic E-state index is 11.4. The molecule has 2 N–H and O–H groups in total. The summed E-state index contributed by atoms with van der Waals surface area (Å²) in [5.41, 5.74) is 1.01. The molecular weight excluding hydrogens is 228 g/mol. The van der Waals surface area contributed by atoms with Crippen LogP contribution in [0.25, 0.3) is 0 Å². The Kier molecular flexibility index (Phi) is 4.91. The number of nitrogens with one attached hydrogen (secondary N) is 2. The van der Waals surface area contributed by atoms with Crippen LogP contribution in [0, 0.1) is 0 Å². The van der Waals surface area contributed by atoms with Crippen LogP contribution in [0.4, 0.5) is 0 Å². The van der Waals surface area contributed by atoms with Gasteiger partial charge in [0.15, 0.2) is 0 Å². The Morgan fingerprint density at radius 1 is 1.44 bits per heavy atom. The minimum Gasteiger partial charge on any atom is -0.319 e. The maximum absolute atomic E-state index is 11.4. The van der Waals surface area contributed by atoms with Gasteiger partial charge in [-0.05, 0) is 13.1 Å². The minimum atomic E-state index is -3.15. The summed E-state index contributed by atoms with van der Waals surface area (Å²) in [4.78, 5) is 0. The lowest BCUT2D eigenvalue weighted by molar-refractivity contribution is 0.577. The minimum absolute atomic E-state index is 0.106. The highest BCUT2D eigenvalue weighted by Crippen LogP contribution is 1.96. The molecule has 0 radical (unpaired) electrons. The molecule has 0 spiro atoms. The predicted octanol–water partition coefficient (Wildman–Crippen LogP) is -0.899. The number of rotatable bonds is 7. The van der Waals surface area contributed by atoms with Crippen LogP contribution in [0.1, 0.15) is 5.69 Å². The third kappa shape index (κ3) is 4.30. The molecule has 0 bridgehead atoms. The lowest BCUT2D eigenvalue weighted by Crippen LogP contribution is -2.32. The van der Waals surface area contributed by atoms with Gasteiger partial charge in [-0.1, -0.05) is 0 Å². The molecular formula is C9H18N4O2S. The van der Waals surface area contributed by atoms with Crippen molar-refractivity contribution in [3.8, 4) is 0 Å². The van der Waals surface area contributed by atoms with Gasteiger partial charge >= 0.3 is 0 Å². The van der Waals surface area contributed by atoms with E-state index in [1.54, 1.807) is 17.9 Å². The zero-order chi connectivity index (χ0) is 12.0. The summed E-state index contributed by atoms with van der Waals surface area (Å²) in [5.74, 6) is 0.106. The zero-order valence-corrected chi connectivity index (χ0v) is 10.4. The molecule has 1 aromatic heterocycles. The topological polar surface area (TPSA) is 76.0 Å². The predicted molar refractivity (Wildman–Crippen MR) is 62.6 cm³/mol. The first kappa shape index (κ1) is 13.1. The molecule has 1 heterocycles. The Bertz CT molecular complexity index is 413.